The Morgan fingerprint density at radius 1 is 1.37 bits per heavy atom. The maximum atomic E-state index is 12.7. The first-order valence-electron chi connectivity index (χ1n) is 12.0. The van der Waals surface area contributed by atoms with Crippen LogP contribution in [0.4, 0.5) is 4.39 Å². The van der Waals surface area contributed by atoms with Crippen LogP contribution in [0.1, 0.15) is 25.1 Å². The van der Waals surface area contributed by atoms with Gasteiger partial charge in [-0.05, 0) is 42.9 Å². The summed E-state index contributed by atoms with van der Waals surface area (Å²) in [5.74, 6) is 0.246. The van der Waals surface area contributed by atoms with Crippen molar-refractivity contribution in [1.82, 2.24) is 24.5 Å². The summed E-state index contributed by atoms with van der Waals surface area (Å²) in [5, 5.41) is 3.68. The van der Waals surface area contributed by atoms with Gasteiger partial charge in [-0.25, -0.2) is 18.4 Å². The number of rotatable bonds is 6. The van der Waals surface area contributed by atoms with Gasteiger partial charge in [0.25, 0.3) is 0 Å². The smallest absolute Gasteiger partial charge is 0.337 e. The van der Waals surface area contributed by atoms with Crippen molar-refractivity contribution < 1.29 is 22.9 Å². The molecule has 1 amide bonds. The summed E-state index contributed by atoms with van der Waals surface area (Å²) < 4.78 is 32.9. The lowest BCUT2D eigenvalue weighted by atomic mass is 10.0. The van der Waals surface area contributed by atoms with Crippen LogP contribution in [0, 0.1) is 11.2 Å². The number of benzene rings is 1. The number of aliphatic imine (C=N–C) groups is 1. The van der Waals surface area contributed by atoms with E-state index in [0.29, 0.717) is 34.5 Å². The van der Waals surface area contributed by atoms with Crippen molar-refractivity contribution in [2.75, 3.05) is 33.0 Å². The monoisotopic (exact) mass is 564 g/mol. The molecule has 3 heterocycles. The Kier molecular flexibility index (Phi) is 8.64. The molecule has 13 heteroatoms. The summed E-state index contributed by atoms with van der Waals surface area (Å²) in [7, 11) is 1.79. The molecule has 2 aliphatic heterocycles. The van der Waals surface area contributed by atoms with Gasteiger partial charge < -0.3 is 14.6 Å². The number of imidazole rings is 1. The quantitative estimate of drug-likeness (QED) is 0.515. The average molecular weight is 565 g/mol. The Labute approximate surface area is 227 Å². The van der Waals surface area contributed by atoms with Crippen molar-refractivity contribution in [2.45, 2.75) is 25.3 Å². The molecule has 2 atom stereocenters. The molecule has 1 spiro atoms. The summed E-state index contributed by atoms with van der Waals surface area (Å²) in [6.45, 7) is 1.30. The van der Waals surface area contributed by atoms with E-state index in [1.54, 1.807) is 18.3 Å². The second-order valence-corrected chi connectivity index (χ2v) is 11.1. The Morgan fingerprint density at radius 3 is 2.68 bits per heavy atom. The van der Waals surface area contributed by atoms with E-state index in [4.69, 9.17) is 16.3 Å². The molecule has 204 valence electrons. The molecule has 10 nitrogen and oxygen atoms in total. The van der Waals surface area contributed by atoms with E-state index in [-0.39, 0.29) is 29.7 Å². The fourth-order valence-electron chi connectivity index (χ4n) is 4.66. The van der Waals surface area contributed by atoms with Crippen molar-refractivity contribution >= 4 is 40.3 Å². The molecular weight excluding hydrogens is 535 g/mol. The summed E-state index contributed by atoms with van der Waals surface area (Å²) in [4.78, 5) is 35.9. The van der Waals surface area contributed by atoms with Crippen LogP contribution in [-0.4, -0.2) is 75.4 Å². The lowest BCUT2D eigenvalue weighted by Crippen LogP contribution is -2.46. The minimum absolute atomic E-state index is 0.147. The number of hydrogen-bond donors (Lipinski definition) is 2. The molecule has 2 N–H and O–H groups in total. The van der Waals surface area contributed by atoms with E-state index < -0.39 is 17.0 Å². The van der Waals surface area contributed by atoms with Crippen LogP contribution in [0.3, 0.4) is 0 Å². The Balaban J connectivity index is 0.000000360. The van der Waals surface area contributed by atoms with Gasteiger partial charge in [0.2, 0.25) is 5.91 Å². The summed E-state index contributed by atoms with van der Waals surface area (Å²) in [6, 6.07) is 5.43. The van der Waals surface area contributed by atoms with Crippen molar-refractivity contribution in [2.24, 2.45) is 17.5 Å². The minimum Gasteiger partial charge on any atom is -0.466 e. The highest BCUT2D eigenvalue weighted by atomic mass is 35.5. The van der Waals surface area contributed by atoms with Crippen LogP contribution in [0.5, 0.6) is 0 Å². The number of hydrogen-bond acceptors (Lipinski definition) is 8. The van der Waals surface area contributed by atoms with Crippen molar-refractivity contribution in [3.63, 3.8) is 0 Å². The van der Waals surface area contributed by atoms with Gasteiger partial charge in [-0.1, -0.05) is 17.7 Å². The zero-order chi connectivity index (χ0) is 27.4. The number of ether oxygens (including phenoxy) is 1. The second-order valence-electron chi connectivity index (χ2n) is 9.59. The van der Waals surface area contributed by atoms with Crippen molar-refractivity contribution in [3.8, 4) is 0 Å². The van der Waals surface area contributed by atoms with E-state index in [9.17, 15) is 18.2 Å². The number of nitrogens with zero attached hydrogens (tertiary/aromatic N) is 4. The van der Waals surface area contributed by atoms with Gasteiger partial charge in [-0.2, -0.15) is 0 Å². The first kappa shape index (κ1) is 27.9. The molecule has 1 saturated carbocycles. The fourth-order valence-corrected chi connectivity index (χ4v) is 5.26. The maximum Gasteiger partial charge on any atom is 0.337 e. The second kappa shape index (κ2) is 11.7. The van der Waals surface area contributed by atoms with E-state index in [0.717, 1.165) is 25.8 Å². The van der Waals surface area contributed by atoms with Crippen LogP contribution >= 0.6 is 11.6 Å². The zero-order valence-corrected chi connectivity index (χ0v) is 22.9. The zero-order valence-electron chi connectivity index (χ0n) is 21.4. The largest absolute Gasteiger partial charge is 0.466 e. The van der Waals surface area contributed by atoms with Crippen LogP contribution in [0.15, 0.2) is 52.9 Å². The number of carbonyl (C=O) groups is 2. The van der Waals surface area contributed by atoms with Gasteiger partial charge in [-0.3, -0.25) is 19.4 Å². The van der Waals surface area contributed by atoms with Gasteiger partial charge in [0.1, 0.15) is 16.8 Å². The van der Waals surface area contributed by atoms with E-state index in [2.05, 4.69) is 24.9 Å². The topological polar surface area (TPSA) is 118 Å². The summed E-state index contributed by atoms with van der Waals surface area (Å²) in [6.07, 6.45) is 7.84. The summed E-state index contributed by atoms with van der Waals surface area (Å²) in [5.41, 5.74) is 1.24. The third kappa shape index (κ3) is 6.66. The number of nitrogens with one attached hydrogen (secondary N) is 2. The predicted molar refractivity (Wildman–Crippen MR) is 142 cm³/mol. The molecule has 1 aliphatic carbocycles. The molecule has 0 radical (unpaired) electrons. The lowest BCUT2D eigenvalue weighted by Gasteiger charge is -2.28. The molecule has 1 aromatic carbocycles. The molecule has 38 heavy (non-hydrogen) atoms. The number of amides is 1. The number of aryl methyl sites for hydroxylation is 1. The Bertz CT molecular complexity index is 1290. The first-order valence-corrected chi connectivity index (χ1v) is 13.9. The van der Waals surface area contributed by atoms with Crippen LogP contribution in [0.25, 0.3) is 0 Å². The van der Waals surface area contributed by atoms with Crippen LogP contribution < -0.4 is 10.0 Å². The van der Waals surface area contributed by atoms with Crippen LogP contribution in [-0.2, 0) is 32.4 Å². The Morgan fingerprint density at radius 2 is 2.13 bits per heavy atom. The highest BCUT2D eigenvalue weighted by Crippen LogP contribution is 2.54. The summed E-state index contributed by atoms with van der Waals surface area (Å²) >= 11 is 5.40. The molecule has 0 bridgehead atoms. The number of esters is 1. The lowest BCUT2D eigenvalue weighted by molar-refractivity contribution is -0.136. The minimum atomic E-state index is -1.42. The molecule has 1 saturated heterocycles. The number of halogens is 2. The highest BCUT2D eigenvalue weighted by molar-refractivity contribution is 7.82. The third-order valence-corrected chi connectivity index (χ3v) is 7.47. The molecule has 1 aromatic heterocycles. The third-order valence-electron chi connectivity index (χ3n) is 6.75. The van der Waals surface area contributed by atoms with Gasteiger partial charge >= 0.3 is 5.97 Å². The molecule has 2 aromatic rings. The van der Waals surface area contributed by atoms with E-state index in [1.807, 2.05) is 17.8 Å². The first-order chi connectivity index (χ1) is 18.1. The van der Waals surface area contributed by atoms with Gasteiger partial charge in [-0.15, -0.1) is 0 Å². The maximum absolute atomic E-state index is 12.7. The number of amidine groups is 1. The Hall–Kier alpha value is -3.09. The average Bonchev–Trinajstić information content (AvgIpc) is 3.31. The molecular formula is C25H30ClFN6O4S. The van der Waals surface area contributed by atoms with E-state index in [1.165, 1.54) is 25.5 Å². The van der Waals surface area contributed by atoms with Gasteiger partial charge in [0.05, 0.1) is 25.3 Å². The molecule has 2 fully saturated rings. The predicted octanol–water partition coefficient (Wildman–Crippen LogP) is 1.94. The number of methoxy groups -OCH3 is 1. The standard InChI is InChI=1S/C19H26N6O4S.C6H4ClF/c1-24-7-6-20-16(24)15-21-9-12(18(27)29-2)13(22-15)10-25-11-19(4-5-19)8-14(25)17(26)23-30(3)28;7-5-2-1-3-6(8)4-5/h6-7,14H,4-5,8-11H2,1-3H3,(H,21,22)(H,23,26);1-4H. The molecule has 2 unspecified atom stereocenters. The SMILES string of the molecule is COC(=O)C1=C(CN2CC3(CC3)CC2C(=O)NS(C)=O)NC(c2nccn2C)=NC1.Fc1cccc(Cl)c1. The number of aromatic nitrogens is 2. The van der Waals surface area contributed by atoms with Crippen molar-refractivity contribution in [1.29, 1.82) is 0 Å². The van der Waals surface area contributed by atoms with Crippen LogP contribution in [0.2, 0.25) is 5.02 Å². The highest BCUT2D eigenvalue weighted by Gasteiger charge is 2.54. The molecule has 3 aliphatic rings. The number of likely N-dealkylation sites (tertiary alicyclic amines) is 1. The molecule has 5 rings (SSSR count). The number of carbonyl (C=O) groups excluding carboxylic acids is 2. The fraction of sp³-hybridized carbons (Fsp3) is 0.440. The van der Waals surface area contributed by atoms with E-state index >= 15 is 0 Å². The van der Waals surface area contributed by atoms with Crippen molar-refractivity contribution in [3.05, 3.63) is 64.6 Å². The van der Waals surface area contributed by atoms with Gasteiger partial charge in [0.15, 0.2) is 11.7 Å². The van der Waals surface area contributed by atoms with Gasteiger partial charge in [0, 0.05) is 49.5 Å². The normalized spacial score (nSPS) is 20.7.